The van der Waals surface area contributed by atoms with Crippen molar-refractivity contribution >= 4 is 0 Å². The Morgan fingerprint density at radius 1 is 0.906 bits per heavy atom. The summed E-state index contributed by atoms with van der Waals surface area (Å²) in [5.74, 6) is 0.197. The smallest absolute Gasteiger partial charge is 0.403 e. The van der Waals surface area contributed by atoms with Crippen molar-refractivity contribution in [1.82, 2.24) is 0 Å². The monoisotopic (exact) mass is 450 g/mol. The summed E-state index contributed by atoms with van der Waals surface area (Å²) in [7, 11) is 0. The molecule has 0 N–H and O–H groups in total. The zero-order valence-electron chi connectivity index (χ0n) is 18.3. The molecule has 2 unspecified atom stereocenters. The Morgan fingerprint density at radius 3 is 2.19 bits per heavy atom. The molecule has 2 nitrogen and oxygen atoms in total. The maximum atomic E-state index is 14.0. The van der Waals surface area contributed by atoms with Crippen LogP contribution in [0.15, 0.2) is 42.5 Å². The van der Waals surface area contributed by atoms with Crippen LogP contribution in [0.25, 0.3) is 11.1 Å². The summed E-state index contributed by atoms with van der Waals surface area (Å²) in [6, 6.07) is 11.4. The molecule has 1 saturated heterocycles. The van der Waals surface area contributed by atoms with Crippen LogP contribution < -0.4 is 4.74 Å². The van der Waals surface area contributed by atoms with Gasteiger partial charge in [0.05, 0.1) is 6.10 Å². The minimum Gasteiger partial charge on any atom is -0.403 e. The lowest BCUT2D eigenvalue weighted by molar-refractivity contribution is -0.275. The average Bonchev–Trinajstić information content (AvgIpc) is 2.76. The predicted octanol–water partition coefficient (Wildman–Crippen LogP) is 7.56. The summed E-state index contributed by atoms with van der Waals surface area (Å²) in [6.07, 6.45) is 3.91. The molecule has 0 aromatic heterocycles. The lowest BCUT2D eigenvalue weighted by atomic mass is 9.75. The first-order valence-electron chi connectivity index (χ1n) is 11.5. The first-order chi connectivity index (χ1) is 15.3. The van der Waals surface area contributed by atoms with Gasteiger partial charge in [-0.05, 0) is 91.5 Å². The topological polar surface area (TPSA) is 18.5 Å². The third-order valence-corrected chi connectivity index (χ3v) is 6.93. The normalized spacial score (nSPS) is 26.7. The van der Waals surface area contributed by atoms with Gasteiger partial charge in [-0.1, -0.05) is 37.3 Å². The summed E-state index contributed by atoms with van der Waals surface area (Å²) in [4.78, 5) is 0. The van der Waals surface area contributed by atoms with E-state index in [0.29, 0.717) is 29.4 Å². The second-order valence-electron chi connectivity index (χ2n) is 9.43. The van der Waals surface area contributed by atoms with Gasteiger partial charge < -0.3 is 9.47 Å². The van der Waals surface area contributed by atoms with Crippen molar-refractivity contribution in [3.8, 4) is 16.9 Å². The Balaban J connectivity index is 1.30. The molecular formula is C26H30F4O2. The quantitative estimate of drug-likeness (QED) is 0.438. The number of rotatable bonds is 5. The number of halogens is 4. The zero-order valence-corrected chi connectivity index (χ0v) is 18.3. The van der Waals surface area contributed by atoms with E-state index in [1.54, 1.807) is 0 Å². The Kier molecular flexibility index (Phi) is 7.08. The van der Waals surface area contributed by atoms with Gasteiger partial charge in [-0.25, -0.2) is 4.39 Å². The fraction of sp³-hybridized carbons (Fsp3) is 0.538. The van der Waals surface area contributed by atoms with Crippen LogP contribution in [0.2, 0.25) is 0 Å². The molecule has 2 aromatic carbocycles. The summed E-state index contributed by atoms with van der Waals surface area (Å²) >= 11 is 0. The lowest BCUT2D eigenvalue weighted by Crippen LogP contribution is -2.33. The van der Waals surface area contributed by atoms with Crippen molar-refractivity contribution in [3.05, 3.63) is 53.8 Å². The third kappa shape index (κ3) is 6.03. The molecule has 174 valence electrons. The number of benzene rings is 2. The largest absolute Gasteiger partial charge is 0.573 e. The van der Waals surface area contributed by atoms with Crippen LogP contribution in [0, 0.1) is 23.6 Å². The van der Waals surface area contributed by atoms with Crippen LogP contribution in [0.1, 0.15) is 51.0 Å². The number of hydrogen-bond acceptors (Lipinski definition) is 2. The predicted molar refractivity (Wildman–Crippen MR) is 116 cm³/mol. The molecule has 2 fully saturated rings. The highest BCUT2D eigenvalue weighted by Crippen LogP contribution is 2.37. The van der Waals surface area contributed by atoms with E-state index in [1.165, 1.54) is 50.2 Å². The van der Waals surface area contributed by atoms with Gasteiger partial charge in [0.25, 0.3) is 0 Å². The zero-order chi connectivity index (χ0) is 22.7. The van der Waals surface area contributed by atoms with Crippen LogP contribution in [0.4, 0.5) is 17.6 Å². The van der Waals surface area contributed by atoms with Crippen LogP contribution in [-0.4, -0.2) is 19.1 Å². The summed E-state index contributed by atoms with van der Waals surface area (Å²) < 4.78 is 60.7. The Hall–Kier alpha value is -2.08. The van der Waals surface area contributed by atoms with E-state index < -0.39 is 17.9 Å². The van der Waals surface area contributed by atoms with Crippen molar-refractivity contribution in [3.63, 3.8) is 0 Å². The minimum atomic E-state index is -4.91. The standard InChI is InChI=1S/C26H30F4O2/c1-17-2-12-24(31-16-17)21-9-5-19(6-10-21)14-18-3-7-20(8-4-18)22-11-13-25(23(27)15-22)32-26(28,29)30/h3-4,7-8,11,13,15,17,19,21,24H,2,5-6,9-10,12,14,16H2,1H3. The van der Waals surface area contributed by atoms with Gasteiger partial charge in [0.1, 0.15) is 0 Å². The van der Waals surface area contributed by atoms with Gasteiger partial charge in [0.15, 0.2) is 11.6 Å². The molecule has 1 saturated carbocycles. The molecule has 0 bridgehead atoms. The van der Waals surface area contributed by atoms with Gasteiger partial charge in [0, 0.05) is 6.61 Å². The van der Waals surface area contributed by atoms with Crippen LogP contribution >= 0.6 is 0 Å². The molecule has 1 aliphatic carbocycles. The van der Waals surface area contributed by atoms with E-state index in [9.17, 15) is 17.6 Å². The number of hydrogen-bond donors (Lipinski definition) is 0. The molecule has 2 aromatic rings. The van der Waals surface area contributed by atoms with Crippen molar-refractivity contribution in [1.29, 1.82) is 0 Å². The second-order valence-corrected chi connectivity index (χ2v) is 9.43. The van der Waals surface area contributed by atoms with Crippen LogP contribution in [0.3, 0.4) is 0 Å². The molecule has 0 amide bonds. The Bertz CT molecular complexity index is 878. The molecule has 6 heteroatoms. The van der Waals surface area contributed by atoms with E-state index >= 15 is 0 Å². The lowest BCUT2D eigenvalue weighted by Gasteiger charge is -2.37. The first-order valence-corrected chi connectivity index (χ1v) is 11.5. The molecule has 2 atom stereocenters. The molecule has 2 aliphatic rings. The molecule has 1 heterocycles. The average molecular weight is 451 g/mol. The van der Waals surface area contributed by atoms with Crippen molar-refractivity contribution < 1.29 is 27.0 Å². The summed E-state index contributed by atoms with van der Waals surface area (Å²) in [5.41, 5.74) is 2.52. The van der Waals surface area contributed by atoms with Crippen molar-refractivity contribution in [2.24, 2.45) is 17.8 Å². The van der Waals surface area contributed by atoms with E-state index in [1.807, 2.05) is 24.3 Å². The fourth-order valence-corrected chi connectivity index (χ4v) is 5.09. The number of ether oxygens (including phenoxy) is 2. The highest BCUT2D eigenvalue weighted by atomic mass is 19.4. The molecule has 1 aliphatic heterocycles. The summed E-state index contributed by atoms with van der Waals surface area (Å²) in [6.45, 7) is 3.16. The highest BCUT2D eigenvalue weighted by Gasteiger charge is 2.32. The second kappa shape index (κ2) is 9.82. The number of alkyl halides is 3. The van der Waals surface area contributed by atoms with Gasteiger partial charge >= 0.3 is 6.36 Å². The molecular weight excluding hydrogens is 420 g/mol. The Labute approximate surface area is 186 Å². The van der Waals surface area contributed by atoms with E-state index in [0.717, 1.165) is 30.7 Å². The summed E-state index contributed by atoms with van der Waals surface area (Å²) in [5, 5.41) is 0. The SMILES string of the molecule is CC1CCC(C2CCC(Cc3ccc(-c4ccc(OC(F)(F)F)c(F)c4)cc3)CC2)OC1. The first kappa shape index (κ1) is 23.1. The van der Waals surface area contributed by atoms with Crippen molar-refractivity contribution in [2.45, 2.75) is 64.3 Å². The highest BCUT2D eigenvalue weighted by molar-refractivity contribution is 5.64. The van der Waals surface area contributed by atoms with Crippen LogP contribution in [-0.2, 0) is 11.2 Å². The van der Waals surface area contributed by atoms with Gasteiger partial charge in [-0.3, -0.25) is 0 Å². The van der Waals surface area contributed by atoms with Gasteiger partial charge in [-0.15, -0.1) is 13.2 Å². The van der Waals surface area contributed by atoms with Crippen molar-refractivity contribution in [2.75, 3.05) is 6.61 Å². The minimum absolute atomic E-state index is 0.444. The maximum Gasteiger partial charge on any atom is 0.573 e. The Morgan fingerprint density at radius 2 is 1.59 bits per heavy atom. The van der Waals surface area contributed by atoms with E-state index in [2.05, 4.69) is 11.7 Å². The van der Waals surface area contributed by atoms with Gasteiger partial charge in [0.2, 0.25) is 0 Å². The van der Waals surface area contributed by atoms with E-state index in [-0.39, 0.29) is 0 Å². The van der Waals surface area contributed by atoms with Gasteiger partial charge in [-0.2, -0.15) is 0 Å². The molecule has 4 rings (SSSR count). The molecule has 32 heavy (non-hydrogen) atoms. The fourth-order valence-electron chi connectivity index (χ4n) is 5.09. The molecule has 0 radical (unpaired) electrons. The molecule has 0 spiro atoms. The maximum absolute atomic E-state index is 14.0. The van der Waals surface area contributed by atoms with Crippen LogP contribution in [0.5, 0.6) is 5.75 Å². The van der Waals surface area contributed by atoms with E-state index in [4.69, 9.17) is 4.74 Å². The third-order valence-electron chi connectivity index (χ3n) is 6.93.